The third-order valence-corrected chi connectivity index (χ3v) is 2.96. The van der Waals surface area contributed by atoms with E-state index >= 15 is 0 Å². The van der Waals surface area contributed by atoms with Gasteiger partial charge in [0.05, 0.1) is 5.56 Å². The van der Waals surface area contributed by atoms with Crippen LogP contribution in [0.1, 0.15) is 10.4 Å². The van der Waals surface area contributed by atoms with Crippen molar-refractivity contribution in [1.82, 2.24) is 10.2 Å². The number of anilines is 1. The van der Waals surface area contributed by atoms with Crippen molar-refractivity contribution in [3.05, 3.63) is 23.8 Å². The molecule has 0 aromatic heterocycles. The summed E-state index contributed by atoms with van der Waals surface area (Å²) in [7, 11) is 1.41. The number of rotatable bonds is 4. The van der Waals surface area contributed by atoms with E-state index in [1.54, 1.807) is 18.2 Å². The number of benzene rings is 1. The highest BCUT2D eigenvalue weighted by molar-refractivity contribution is 6.03. The van der Waals surface area contributed by atoms with E-state index in [1.807, 2.05) is 0 Å². The minimum absolute atomic E-state index is 0.0203. The van der Waals surface area contributed by atoms with Crippen molar-refractivity contribution >= 4 is 23.6 Å². The van der Waals surface area contributed by atoms with Crippen LogP contribution < -0.4 is 15.4 Å². The maximum Gasteiger partial charge on any atom is 0.407 e. The number of likely N-dealkylation sites (N-methyl/N-ethyl adjacent to an activating group) is 1. The Morgan fingerprint density at radius 1 is 1.43 bits per heavy atom. The molecule has 0 saturated heterocycles. The van der Waals surface area contributed by atoms with Crippen LogP contribution in [0.4, 0.5) is 15.3 Å². The van der Waals surface area contributed by atoms with Gasteiger partial charge in [-0.1, -0.05) is 0 Å². The molecule has 112 valence electrons. The smallest absolute Gasteiger partial charge is 0.407 e. The minimum atomic E-state index is -1.06. The molecule has 3 amide bonds. The van der Waals surface area contributed by atoms with Gasteiger partial charge in [-0.15, -0.1) is 0 Å². The zero-order chi connectivity index (χ0) is 15.4. The maximum absolute atomic E-state index is 11.6. The highest BCUT2D eigenvalue weighted by atomic mass is 16.5. The summed E-state index contributed by atoms with van der Waals surface area (Å²) in [5.74, 6) is 0.381. The van der Waals surface area contributed by atoms with Crippen LogP contribution in [0.2, 0.25) is 0 Å². The van der Waals surface area contributed by atoms with Crippen molar-refractivity contribution in [3.8, 4) is 5.75 Å². The zero-order valence-electron chi connectivity index (χ0n) is 11.4. The van der Waals surface area contributed by atoms with Gasteiger partial charge < -0.3 is 25.4 Å². The number of nitrogens with zero attached hydrogens (tertiary/aromatic N) is 1. The summed E-state index contributed by atoms with van der Waals surface area (Å²) in [6.45, 7) is 0.382. The Morgan fingerprint density at radius 3 is 2.90 bits per heavy atom. The van der Waals surface area contributed by atoms with Gasteiger partial charge in [-0.25, -0.2) is 9.59 Å². The monoisotopic (exact) mass is 293 g/mol. The molecule has 2 rings (SSSR count). The van der Waals surface area contributed by atoms with E-state index in [-0.39, 0.29) is 25.5 Å². The minimum Gasteiger partial charge on any atom is -0.485 e. The molecular weight excluding hydrogens is 278 g/mol. The number of carbonyl (C=O) groups is 3. The summed E-state index contributed by atoms with van der Waals surface area (Å²) in [5.41, 5.74) is 0.912. The Morgan fingerprint density at radius 2 is 2.19 bits per heavy atom. The number of urea groups is 1. The van der Waals surface area contributed by atoms with Crippen LogP contribution in [0.15, 0.2) is 18.2 Å². The Hall–Kier alpha value is -2.77. The predicted octanol–water partition coefficient (Wildman–Crippen LogP) is 0.993. The Labute approximate surface area is 120 Å². The molecule has 1 heterocycles. The molecule has 3 N–H and O–H groups in total. The number of hydrogen-bond acceptors (Lipinski definition) is 4. The molecule has 1 aliphatic rings. The summed E-state index contributed by atoms with van der Waals surface area (Å²) in [6.07, 6.45) is -1.06. The normalized spacial score (nSPS) is 12.3. The van der Waals surface area contributed by atoms with Gasteiger partial charge in [0.15, 0.2) is 6.61 Å². The van der Waals surface area contributed by atoms with E-state index in [9.17, 15) is 14.4 Å². The SMILES string of the molecule is CN(CCNC(=O)Nc1ccc2c(c1)C(=O)CO2)C(=O)O. The molecule has 8 heteroatoms. The molecule has 0 bridgehead atoms. The Balaban J connectivity index is 1.85. The molecule has 0 saturated carbocycles. The van der Waals surface area contributed by atoms with Crippen LogP contribution in [0.5, 0.6) is 5.75 Å². The molecular formula is C13H15N3O5. The first-order valence-corrected chi connectivity index (χ1v) is 6.26. The van der Waals surface area contributed by atoms with E-state index in [1.165, 1.54) is 7.05 Å². The first kappa shape index (κ1) is 14.6. The molecule has 0 aliphatic carbocycles. The van der Waals surface area contributed by atoms with Gasteiger partial charge in [0.25, 0.3) is 0 Å². The predicted molar refractivity (Wildman–Crippen MR) is 73.9 cm³/mol. The highest BCUT2D eigenvalue weighted by Gasteiger charge is 2.21. The fraction of sp³-hybridized carbons (Fsp3) is 0.308. The van der Waals surface area contributed by atoms with Gasteiger partial charge in [0.2, 0.25) is 5.78 Å². The lowest BCUT2D eigenvalue weighted by Gasteiger charge is -2.13. The number of ketones is 1. The third-order valence-electron chi connectivity index (χ3n) is 2.96. The van der Waals surface area contributed by atoms with Crippen LogP contribution in [0, 0.1) is 0 Å². The van der Waals surface area contributed by atoms with Gasteiger partial charge >= 0.3 is 12.1 Å². The summed E-state index contributed by atoms with van der Waals surface area (Å²) in [4.78, 5) is 34.8. The molecule has 0 atom stereocenters. The summed E-state index contributed by atoms with van der Waals surface area (Å²) >= 11 is 0. The number of amides is 3. The van der Waals surface area contributed by atoms with Crippen molar-refractivity contribution in [2.24, 2.45) is 0 Å². The fourth-order valence-electron chi connectivity index (χ4n) is 1.78. The number of carboxylic acid groups (broad SMARTS) is 1. The lowest BCUT2D eigenvalue weighted by molar-refractivity contribution is 0.0961. The molecule has 0 fully saturated rings. The molecule has 0 unspecified atom stereocenters. The Bertz CT molecular complexity index is 587. The lowest BCUT2D eigenvalue weighted by atomic mass is 10.1. The average Bonchev–Trinajstić information content (AvgIpc) is 2.80. The van der Waals surface area contributed by atoms with Crippen molar-refractivity contribution in [3.63, 3.8) is 0 Å². The largest absolute Gasteiger partial charge is 0.485 e. The standard InChI is InChI=1S/C13H15N3O5/c1-16(13(19)20)5-4-14-12(18)15-8-2-3-11-9(6-8)10(17)7-21-11/h2-3,6H,4-5,7H2,1H3,(H,19,20)(H2,14,15,18). The van der Waals surface area contributed by atoms with Crippen molar-refractivity contribution in [2.45, 2.75) is 0 Å². The first-order valence-electron chi connectivity index (χ1n) is 6.26. The average molecular weight is 293 g/mol. The van der Waals surface area contributed by atoms with Gasteiger partial charge in [-0.3, -0.25) is 4.79 Å². The van der Waals surface area contributed by atoms with Crippen LogP contribution in [-0.4, -0.2) is 54.7 Å². The summed E-state index contributed by atoms with van der Waals surface area (Å²) < 4.78 is 5.15. The van der Waals surface area contributed by atoms with E-state index in [4.69, 9.17) is 9.84 Å². The van der Waals surface area contributed by atoms with Crippen LogP contribution in [0.25, 0.3) is 0 Å². The quantitative estimate of drug-likeness (QED) is 0.767. The number of Topliss-reactive ketones (excluding diaryl/α,β-unsaturated/α-hetero) is 1. The maximum atomic E-state index is 11.6. The molecule has 1 aromatic rings. The van der Waals surface area contributed by atoms with E-state index in [0.717, 1.165) is 4.90 Å². The number of carbonyl (C=O) groups excluding carboxylic acids is 2. The van der Waals surface area contributed by atoms with E-state index in [2.05, 4.69) is 10.6 Å². The van der Waals surface area contributed by atoms with Gasteiger partial charge in [-0.2, -0.15) is 0 Å². The number of nitrogens with one attached hydrogen (secondary N) is 2. The Kier molecular flexibility index (Phi) is 4.27. The zero-order valence-corrected chi connectivity index (χ0v) is 11.4. The highest BCUT2D eigenvalue weighted by Crippen LogP contribution is 2.27. The van der Waals surface area contributed by atoms with Gasteiger partial charge in [-0.05, 0) is 18.2 Å². The second kappa shape index (κ2) is 6.12. The lowest BCUT2D eigenvalue weighted by Crippen LogP contribution is -2.37. The third kappa shape index (κ3) is 3.62. The second-order valence-electron chi connectivity index (χ2n) is 4.51. The molecule has 0 radical (unpaired) electrons. The summed E-state index contributed by atoms with van der Waals surface area (Å²) in [6, 6.07) is 4.32. The second-order valence-corrected chi connectivity index (χ2v) is 4.51. The first-order chi connectivity index (χ1) is 9.97. The summed E-state index contributed by atoms with van der Waals surface area (Å²) in [5, 5.41) is 13.7. The van der Waals surface area contributed by atoms with E-state index < -0.39 is 12.1 Å². The molecule has 21 heavy (non-hydrogen) atoms. The molecule has 1 aliphatic heterocycles. The molecule has 1 aromatic carbocycles. The van der Waals surface area contributed by atoms with Gasteiger partial charge in [0.1, 0.15) is 5.75 Å². The number of fused-ring (bicyclic) bond motifs is 1. The molecule has 8 nitrogen and oxygen atoms in total. The number of hydrogen-bond donors (Lipinski definition) is 3. The van der Waals surface area contributed by atoms with E-state index in [0.29, 0.717) is 17.0 Å². The molecule has 0 spiro atoms. The van der Waals surface area contributed by atoms with Crippen LogP contribution in [0.3, 0.4) is 0 Å². The van der Waals surface area contributed by atoms with Crippen LogP contribution in [-0.2, 0) is 0 Å². The number of ether oxygens (including phenoxy) is 1. The van der Waals surface area contributed by atoms with Crippen molar-refractivity contribution in [2.75, 3.05) is 32.1 Å². The van der Waals surface area contributed by atoms with Crippen molar-refractivity contribution < 1.29 is 24.2 Å². The van der Waals surface area contributed by atoms with Gasteiger partial charge in [0, 0.05) is 25.8 Å². The van der Waals surface area contributed by atoms with Crippen LogP contribution >= 0.6 is 0 Å². The topological polar surface area (TPSA) is 108 Å². The van der Waals surface area contributed by atoms with Crippen molar-refractivity contribution in [1.29, 1.82) is 0 Å². The fourth-order valence-corrected chi connectivity index (χ4v) is 1.78.